The molecule has 110 valence electrons. The second-order valence-electron chi connectivity index (χ2n) is 5.55. The van der Waals surface area contributed by atoms with Crippen LogP contribution in [0.3, 0.4) is 0 Å². The number of aliphatic hydroxyl groups excluding tert-OH is 1. The van der Waals surface area contributed by atoms with E-state index in [9.17, 15) is 5.11 Å². The standard InChI is InChI=1S/C15H17N3O3/c19-12-6-7-20-14-10(12)2-1-3-11(14)16-8-13-17-15(18-21-13)9-4-5-9/h1-3,9,12,16,19H,4-8H2/t12-/m1/s1. The number of ether oxygens (including phenoxy) is 1. The maximum atomic E-state index is 9.99. The molecule has 2 aromatic rings. The van der Waals surface area contributed by atoms with Crippen LogP contribution in [0.2, 0.25) is 0 Å². The lowest BCUT2D eigenvalue weighted by Gasteiger charge is -2.24. The van der Waals surface area contributed by atoms with Gasteiger partial charge in [-0.05, 0) is 18.9 Å². The fraction of sp³-hybridized carbons (Fsp3) is 0.467. The Bertz CT molecular complexity index is 651. The molecule has 0 radical (unpaired) electrons. The first-order chi connectivity index (χ1) is 10.3. The van der Waals surface area contributed by atoms with Crippen molar-refractivity contribution in [2.45, 2.75) is 37.8 Å². The summed E-state index contributed by atoms with van der Waals surface area (Å²) in [5, 5.41) is 17.2. The van der Waals surface area contributed by atoms with Crippen molar-refractivity contribution in [3.05, 3.63) is 35.5 Å². The Kier molecular flexibility index (Phi) is 3.03. The molecule has 0 saturated heterocycles. The molecule has 1 fully saturated rings. The molecule has 1 aliphatic carbocycles. The van der Waals surface area contributed by atoms with E-state index in [0.717, 1.165) is 35.7 Å². The molecular weight excluding hydrogens is 270 g/mol. The lowest BCUT2D eigenvalue weighted by atomic mass is 10.0. The van der Waals surface area contributed by atoms with Crippen LogP contribution in [0.15, 0.2) is 22.7 Å². The lowest BCUT2D eigenvalue weighted by Crippen LogP contribution is -2.15. The van der Waals surface area contributed by atoms with Crippen LogP contribution >= 0.6 is 0 Å². The monoisotopic (exact) mass is 287 g/mol. The van der Waals surface area contributed by atoms with E-state index in [-0.39, 0.29) is 0 Å². The summed E-state index contributed by atoms with van der Waals surface area (Å²) in [5.74, 6) is 2.60. The molecule has 1 aromatic carbocycles. The third-order valence-corrected chi connectivity index (χ3v) is 3.90. The first-order valence-corrected chi connectivity index (χ1v) is 7.31. The van der Waals surface area contributed by atoms with Crippen molar-refractivity contribution in [3.63, 3.8) is 0 Å². The van der Waals surface area contributed by atoms with Crippen molar-refractivity contribution in [3.8, 4) is 5.75 Å². The summed E-state index contributed by atoms with van der Waals surface area (Å²) < 4.78 is 10.9. The highest BCUT2D eigenvalue weighted by Gasteiger charge is 2.28. The number of anilines is 1. The van der Waals surface area contributed by atoms with E-state index >= 15 is 0 Å². The Morgan fingerprint density at radius 3 is 3.05 bits per heavy atom. The number of aliphatic hydroxyl groups is 1. The van der Waals surface area contributed by atoms with Gasteiger partial charge in [0.1, 0.15) is 5.75 Å². The number of para-hydroxylation sites is 1. The molecule has 6 nitrogen and oxygen atoms in total. The number of aromatic nitrogens is 2. The Hall–Kier alpha value is -2.08. The van der Waals surface area contributed by atoms with E-state index in [1.165, 1.54) is 0 Å². The van der Waals surface area contributed by atoms with E-state index in [4.69, 9.17) is 9.26 Å². The van der Waals surface area contributed by atoms with Gasteiger partial charge in [-0.1, -0.05) is 17.3 Å². The Morgan fingerprint density at radius 2 is 2.19 bits per heavy atom. The lowest BCUT2D eigenvalue weighted by molar-refractivity contribution is 0.116. The maximum absolute atomic E-state index is 9.99. The van der Waals surface area contributed by atoms with Gasteiger partial charge in [0.05, 0.1) is 24.9 Å². The Morgan fingerprint density at radius 1 is 1.29 bits per heavy atom. The molecule has 2 heterocycles. The largest absolute Gasteiger partial charge is 0.491 e. The summed E-state index contributed by atoms with van der Waals surface area (Å²) in [7, 11) is 0. The summed E-state index contributed by atoms with van der Waals surface area (Å²) >= 11 is 0. The minimum absolute atomic E-state index is 0.454. The van der Waals surface area contributed by atoms with Crippen LogP contribution in [0.25, 0.3) is 0 Å². The Balaban J connectivity index is 1.50. The number of hydrogen-bond donors (Lipinski definition) is 2. The zero-order valence-corrected chi connectivity index (χ0v) is 11.6. The summed E-state index contributed by atoms with van der Waals surface area (Å²) in [5.41, 5.74) is 1.67. The molecule has 0 amide bonds. The normalized spacial score (nSPS) is 20.7. The number of rotatable bonds is 4. The van der Waals surface area contributed by atoms with E-state index in [1.54, 1.807) is 0 Å². The zero-order valence-electron chi connectivity index (χ0n) is 11.6. The topological polar surface area (TPSA) is 80.4 Å². The van der Waals surface area contributed by atoms with Gasteiger partial charge >= 0.3 is 0 Å². The highest BCUT2D eigenvalue weighted by Crippen LogP contribution is 2.39. The van der Waals surface area contributed by atoms with Crippen molar-refractivity contribution < 1.29 is 14.4 Å². The quantitative estimate of drug-likeness (QED) is 0.898. The second-order valence-corrected chi connectivity index (χ2v) is 5.55. The molecule has 0 bridgehead atoms. The molecule has 21 heavy (non-hydrogen) atoms. The molecule has 1 saturated carbocycles. The predicted molar refractivity (Wildman–Crippen MR) is 75.1 cm³/mol. The van der Waals surface area contributed by atoms with E-state index < -0.39 is 6.10 Å². The van der Waals surface area contributed by atoms with Crippen LogP contribution in [0, 0.1) is 0 Å². The van der Waals surface area contributed by atoms with Crippen LogP contribution < -0.4 is 10.1 Å². The third-order valence-electron chi connectivity index (χ3n) is 3.90. The molecule has 1 atom stereocenters. The molecule has 2 N–H and O–H groups in total. The number of nitrogens with one attached hydrogen (secondary N) is 1. The van der Waals surface area contributed by atoms with Gasteiger partial charge in [-0.3, -0.25) is 0 Å². The number of fused-ring (bicyclic) bond motifs is 1. The van der Waals surface area contributed by atoms with Crippen molar-refractivity contribution in [2.24, 2.45) is 0 Å². The second kappa shape index (κ2) is 5.04. The maximum Gasteiger partial charge on any atom is 0.245 e. The number of benzene rings is 1. The first-order valence-electron chi connectivity index (χ1n) is 7.31. The summed E-state index contributed by atoms with van der Waals surface area (Å²) in [6.45, 7) is 0.981. The SMILES string of the molecule is O[C@@H]1CCOc2c(NCc3nc(C4CC4)no3)cccc21. The van der Waals surface area contributed by atoms with Crippen molar-refractivity contribution in [1.29, 1.82) is 0 Å². The summed E-state index contributed by atoms with van der Waals surface area (Å²) in [6.07, 6.45) is 2.49. The zero-order chi connectivity index (χ0) is 14.2. The molecule has 1 aromatic heterocycles. The average molecular weight is 287 g/mol. The highest BCUT2D eigenvalue weighted by molar-refractivity contribution is 5.61. The van der Waals surface area contributed by atoms with E-state index in [2.05, 4.69) is 15.5 Å². The van der Waals surface area contributed by atoms with Gasteiger partial charge in [0.15, 0.2) is 5.82 Å². The van der Waals surface area contributed by atoms with E-state index in [1.807, 2.05) is 18.2 Å². The molecule has 0 unspecified atom stereocenters. The van der Waals surface area contributed by atoms with Gasteiger partial charge in [-0.25, -0.2) is 0 Å². The smallest absolute Gasteiger partial charge is 0.245 e. The first kappa shape index (κ1) is 12.6. The highest BCUT2D eigenvalue weighted by atomic mass is 16.5. The fourth-order valence-corrected chi connectivity index (χ4v) is 2.56. The van der Waals surface area contributed by atoms with Crippen molar-refractivity contribution >= 4 is 5.69 Å². The summed E-state index contributed by atoms with van der Waals surface area (Å²) in [4.78, 5) is 4.38. The molecular formula is C15H17N3O3. The van der Waals surface area contributed by atoms with Crippen LogP contribution in [-0.2, 0) is 6.54 Å². The fourth-order valence-electron chi connectivity index (χ4n) is 2.56. The summed E-state index contributed by atoms with van der Waals surface area (Å²) in [6, 6.07) is 5.72. The van der Waals surface area contributed by atoms with Gasteiger partial charge in [0.25, 0.3) is 0 Å². The molecule has 6 heteroatoms. The van der Waals surface area contributed by atoms with Crippen LogP contribution in [0.5, 0.6) is 5.75 Å². The van der Waals surface area contributed by atoms with Gasteiger partial charge in [0, 0.05) is 17.9 Å². The van der Waals surface area contributed by atoms with E-state index in [0.29, 0.717) is 31.4 Å². The number of hydrogen-bond acceptors (Lipinski definition) is 6. The minimum Gasteiger partial charge on any atom is -0.491 e. The molecule has 2 aliphatic rings. The average Bonchev–Trinajstić information content (AvgIpc) is 3.25. The number of nitrogens with zero attached hydrogens (tertiary/aromatic N) is 2. The van der Waals surface area contributed by atoms with Gasteiger partial charge < -0.3 is 19.7 Å². The predicted octanol–water partition coefficient (Wildman–Crippen LogP) is 2.38. The van der Waals surface area contributed by atoms with Gasteiger partial charge in [0.2, 0.25) is 5.89 Å². The van der Waals surface area contributed by atoms with Crippen LogP contribution in [0.1, 0.15) is 48.6 Å². The Labute approximate surface area is 122 Å². The van der Waals surface area contributed by atoms with Crippen LogP contribution in [-0.4, -0.2) is 21.9 Å². The van der Waals surface area contributed by atoms with Crippen molar-refractivity contribution in [1.82, 2.24) is 10.1 Å². The van der Waals surface area contributed by atoms with Crippen molar-refractivity contribution in [2.75, 3.05) is 11.9 Å². The molecule has 4 rings (SSSR count). The molecule has 1 aliphatic heterocycles. The van der Waals surface area contributed by atoms with Gasteiger partial charge in [-0.15, -0.1) is 0 Å². The third kappa shape index (κ3) is 2.47. The van der Waals surface area contributed by atoms with Gasteiger partial charge in [-0.2, -0.15) is 4.98 Å². The minimum atomic E-state index is -0.458. The van der Waals surface area contributed by atoms with Crippen LogP contribution in [0.4, 0.5) is 5.69 Å². The molecule has 0 spiro atoms.